The summed E-state index contributed by atoms with van der Waals surface area (Å²) in [5, 5.41) is 5.02. The van der Waals surface area contributed by atoms with Gasteiger partial charge < -0.3 is 14.6 Å². The quantitative estimate of drug-likeness (QED) is 0.824. The number of hydrogen-bond acceptors (Lipinski definition) is 4. The fourth-order valence-corrected chi connectivity index (χ4v) is 4.58. The third-order valence-electron chi connectivity index (χ3n) is 5.93. The molecule has 1 aromatic rings. The molecule has 0 N–H and O–H groups in total. The number of carbonyl (C=O) groups is 1. The average molecular weight is 355 g/mol. The molecular formula is C21H29N3O2. The Bertz CT molecular complexity index is 652. The SMILES string of the molecule is CCN1C=C2CCCC2N1C1CCN(C(=O)OCc2ccccc2)CC1. The number of amides is 1. The Balaban J connectivity index is 1.29. The Kier molecular flexibility index (Phi) is 5.16. The van der Waals surface area contributed by atoms with Crippen molar-refractivity contribution in [2.75, 3.05) is 19.6 Å². The maximum atomic E-state index is 12.4. The zero-order valence-electron chi connectivity index (χ0n) is 15.6. The molecule has 1 aromatic carbocycles. The maximum Gasteiger partial charge on any atom is 0.410 e. The molecule has 4 rings (SSSR count). The number of fused-ring (bicyclic) bond motifs is 1. The predicted molar refractivity (Wildman–Crippen MR) is 101 cm³/mol. The van der Waals surface area contributed by atoms with Gasteiger partial charge in [-0.25, -0.2) is 9.80 Å². The number of ether oxygens (including phenoxy) is 1. The van der Waals surface area contributed by atoms with E-state index in [1.807, 2.05) is 35.2 Å². The Hall–Kier alpha value is -2.01. The summed E-state index contributed by atoms with van der Waals surface area (Å²) in [7, 11) is 0. The molecule has 5 nitrogen and oxygen atoms in total. The van der Waals surface area contributed by atoms with Crippen LogP contribution in [0.2, 0.25) is 0 Å². The topological polar surface area (TPSA) is 36.0 Å². The van der Waals surface area contributed by atoms with Gasteiger partial charge in [-0.1, -0.05) is 30.3 Å². The molecule has 0 spiro atoms. The zero-order valence-corrected chi connectivity index (χ0v) is 15.6. The summed E-state index contributed by atoms with van der Waals surface area (Å²) >= 11 is 0. The first-order valence-electron chi connectivity index (χ1n) is 9.97. The molecule has 1 atom stereocenters. The van der Waals surface area contributed by atoms with Crippen LogP contribution in [-0.2, 0) is 11.3 Å². The fourth-order valence-electron chi connectivity index (χ4n) is 4.58. The van der Waals surface area contributed by atoms with Crippen LogP contribution in [-0.4, -0.2) is 52.7 Å². The van der Waals surface area contributed by atoms with Crippen LogP contribution in [0, 0.1) is 0 Å². The van der Waals surface area contributed by atoms with Crippen molar-refractivity contribution >= 4 is 6.09 Å². The molecule has 5 heteroatoms. The van der Waals surface area contributed by atoms with E-state index in [2.05, 4.69) is 23.1 Å². The maximum absolute atomic E-state index is 12.4. The normalized spacial score (nSPS) is 23.9. The van der Waals surface area contributed by atoms with E-state index in [1.165, 1.54) is 19.3 Å². The van der Waals surface area contributed by atoms with Crippen LogP contribution >= 0.6 is 0 Å². The number of hydrazine groups is 1. The van der Waals surface area contributed by atoms with E-state index in [1.54, 1.807) is 5.57 Å². The lowest BCUT2D eigenvalue weighted by Gasteiger charge is -2.43. The van der Waals surface area contributed by atoms with Gasteiger partial charge in [-0.3, -0.25) is 0 Å². The first kappa shape index (κ1) is 17.4. The van der Waals surface area contributed by atoms with Gasteiger partial charge >= 0.3 is 6.09 Å². The van der Waals surface area contributed by atoms with Crippen LogP contribution in [0.1, 0.15) is 44.6 Å². The van der Waals surface area contributed by atoms with Crippen molar-refractivity contribution in [3.8, 4) is 0 Å². The second-order valence-electron chi connectivity index (χ2n) is 7.51. The van der Waals surface area contributed by atoms with Crippen LogP contribution < -0.4 is 0 Å². The highest BCUT2D eigenvalue weighted by molar-refractivity contribution is 5.67. The van der Waals surface area contributed by atoms with E-state index in [9.17, 15) is 4.79 Å². The molecule has 1 aliphatic carbocycles. The number of rotatable bonds is 4. The molecule has 0 aromatic heterocycles. The van der Waals surface area contributed by atoms with Crippen molar-refractivity contribution < 1.29 is 9.53 Å². The number of likely N-dealkylation sites (tertiary alicyclic amines) is 1. The smallest absolute Gasteiger partial charge is 0.410 e. The standard InChI is InChI=1S/C21H29N3O2/c1-2-23-15-18-9-6-10-20(18)24(23)19-11-13-22(14-12-19)21(25)26-16-17-7-4-3-5-8-17/h3-5,7-8,15,19-20H,2,6,9-14,16H2,1H3. The summed E-state index contributed by atoms with van der Waals surface area (Å²) in [4.78, 5) is 14.2. The first-order valence-corrected chi connectivity index (χ1v) is 9.97. The van der Waals surface area contributed by atoms with Gasteiger partial charge in [-0.15, -0.1) is 0 Å². The molecule has 0 radical (unpaired) electrons. The third-order valence-corrected chi connectivity index (χ3v) is 5.93. The molecule has 140 valence electrons. The van der Waals surface area contributed by atoms with Gasteiger partial charge in [-0.05, 0) is 50.2 Å². The summed E-state index contributed by atoms with van der Waals surface area (Å²) in [5.41, 5.74) is 2.64. The minimum absolute atomic E-state index is 0.180. The van der Waals surface area contributed by atoms with Crippen molar-refractivity contribution in [3.05, 3.63) is 47.7 Å². The number of benzene rings is 1. The average Bonchev–Trinajstić information content (AvgIpc) is 3.27. The van der Waals surface area contributed by atoms with Crippen molar-refractivity contribution in [2.24, 2.45) is 0 Å². The van der Waals surface area contributed by atoms with Crippen LogP contribution in [0.15, 0.2) is 42.1 Å². The lowest BCUT2D eigenvalue weighted by Crippen LogP contribution is -2.53. The summed E-state index contributed by atoms with van der Waals surface area (Å²) in [6.45, 7) is 5.17. The van der Waals surface area contributed by atoms with Gasteiger partial charge in [0.25, 0.3) is 0 Å². The number of hydrogen-bond donors (Lipinski definition) is 0. The van der Waals surface area contributed by atoms with Crippen molar-refractivity contribution in [3.63, 3.8) is 0 Å². The first-order chi connectivity index (χ1) is 12.8. The second kappa shape index (κ2) is 7.70. The Morgan fingerprint density at radius 2 is 1.92 bits per heavy atom. The van der Waals surface area contributed by atoms with Crippen molar-refractivity contribution in [2.45, 2.75) is 57.7 Å². The van der Waals surface area contributed by atoms with Crippen LogP contribution in [0.3, 0.4) is 0 Å². The van der Waals surface area contributed by atoms with Crippen LogP contribution in [0.4, 0.5) is 4.79 Å². The number of piperidine rings is 1. The third kappa shape index (κ3) is 3.45. The highest BCUT2D eigenvalue weighted by Gasteiger charge is 2.40. The molecule has 1 saturated heterocycles. The Morgan fingerprint density at radius 1 is 1.15 bits per heavy atom. The van der Waals surface area contributed by atoms with Gasteiger partial charge in [0.1, 0.15) is 6.61 Å². The van der Waals surface area contributed by atoms with Crippen molar-refractivity contribution in [1.82, 2.24) is 14.9 Å². The summed E-state index contributed by atoms with van der Waals surface area (Å²) in [6.07, 6.45) is 8.08. The van der Waals surface area contributed by atoms with Crippen LogP contribution in [0.25, 0.3) is 0 Å². The van der Waals surface area contributed by atoms with E-state index in [0.717, 1.165) is 38.0 Å². The molecule has 1 amide bonds. The number of carbonyl (C=O) groups excluding carboxylic acids is 1. The highest BCUT2D eigenvalue weighted by atomic mass is 16.6. The summed E-state index contributed by atoms with van der Waals surface area (Å²) < 4.78 is 5.49. The van der Waals surface area contributed by atoms with Crippen molar-refractivity contribution in [1.29, 1.82) is 0 Å². The fraction of sp³-hybridized carbons (Fsp3) is 0.571. The lowest BCUT2D eigenvalue weighted by molar-refractivity contribution is -0.0451. The Labute approximate surface area is 156 Å². The molecule has 2 heterocycles. The largest absolute Gasteiger partial charge is 0.445 e. The summed E-state index contributed by atoms with van der Waals surface area (Å²) in [6, 6.07) is 11.0. The van der Waals surface area contributed by atoms with E-state index in [-0.39, 0.29) is 6.09 Å². The minimum atomic E-state index is -0.180. The molecule has 3 aliphatic rings. The van der Waals surface area contributed by atoms with Crippen LogP contribution in [0.5, 0.6) is 0 Å². The Morgan fingerprint density at radius 3 is 2.65 bits per heavy atom. The molecule has 26 heavy (non-hydrogen) atoms. The van der Waals surface area contributed by atoms with Gasteiger partial charge in [0.2, 0.25) is 0 Å². The number of nitrogens with zero attached hydrogens (tertiary/aromatic N) is 3. The van der Waals surface area contributed by atoms with E-state index in [0.29, 0.717) is 18.7 Å². The van der Waals surface area contributed by atoms with Gasteiger partial charge in [0.05, 0.1) is 6.04 Å². The summed E-state index contributed by atoms with van der Waals surface area (Å²) in [5.74, 6) is 0. The molecule has 1 unspecified atom stereocenters. The predicted octanol–water partition coefficient (Wildman–Crippen LogP) is 3.78. The molecular weight excluding hydrogens is 326 g/mol. The highest BCUT2D eigenvalue weighted by Crippen LogP contribution is 2.38. The van der Waals surface area contributed by atoms with Gasteiger partial charge in [0, 0.05) is 31.9 Å². The monoisotopic (exact) mass is 355 g/mol. The molecule has 2 fully saturated rings. The van der Waals surface area contributed by atoms with Gasteiger partial charge in [0.15, 0.2) is 0 Å². The molecule has 2 aliphatic heterocycles. The molecule has 1 saturated carbocycles. The minimum Gasteiger partial charge on any atom is -0.445 e. The van der Waals surface area contributed by atoms with Gasteiger partial charge in [-0.2, -0.15) is 0 Å². The lowest BCUT2D eigenvalue weighted by atomic mass is 10.0. The van der Waals surface area contributed by atoms with E-state index < -0.39 is 0 Å². The zero-order chi connectivity index (χ0) is 17.9. The second-order valence-corrected chi connectivity index (χ2v) is 7.51. The van der Waals surface area contributed by atoms with E-state index in [4.69, 9.17) is 4.74 Å². The molecule has 0 bridgehead atoms. The van der Waals surface area contributed by atoms with E-state index >= 15 is 0 Å².